The second kappa shape index (κ2) is 7.96. The standard InChI is InChI=1S/C19H26F3N3O/c1-24(12-14-2-4-15(5-3-14)19(20,21)22)13-18(26)23-16-8-10-25(11-9-16)17-6-7-17/h2-5,16-17H,6-13H2,1H3,(H,23,26). The Kier molecular flexibility index (Phi) is 5.87. The summed E-state index contributed by atoms with van der Waals surface area (Å²) in [5.74, 6) is -0.0238. The summed E-state index contributed by atoms with van der Waals surface area (Å²) in [7, 11) is 1.80. The average molecular weight is 369 g/mol. The number of carbonyl (C=O) groups is 1. The molecule has 7 heteroatoms. The normalized spacial score (nSPS) is 19.7. The first-order valence-corrected chi connectivity index (χ1v) is 9.19. The summed E-state index contributed by atoms with van der Waals surface area (Å²) in [6, 6.07) is 6.10. The van der Waals surface area contributed by atoms with Crippen LogP contribution < -0.4 is 5.32 Å². The number of hydrogen-bond acceptors (Lipinski definition) is 3. The van der Waals surface area contributed by atoms with Gasteiger partial charge in [0.05, 0.1) is 12.1 Å². The third-order valence-corrected chi connectivity index (χ3v) is 5.11. The van der Waals surface area contributed by atoms with Crippen molar-refractivity contribution in [2.45, 2.75) is 50.5 Å². The Labute approximate surface area is 152 Å². The van der Waals surface area contributed by atoms with E-state index in [9.17, 15) is 18.0 Å². The van der Waals surface area contributed by atoms with E-state index in [4.69, 9.17) is 0 Å². The fourth-order valence-electron chi connectivity index (χ4n) is 3.53. The largest absolute Gasteiger partial charge is 0.416 e. The fraction of sp³-hybridized carbons (Fsp3) is 0.632. The van der Waals surface area contributed by atoms with E-state index >= 15 is 0 Å². The molecular weight excluding hydrogens is 343 g/mol. The molecule has 144 valence electrons. The second-order valence-electron chi connectivity index (χ2n) is 7.48. The van der Waals surface area contributed by atoms with Crippen LogP contribution in [0.3, 0.4) is 0 Å². The van der Waals surface area contributed by atoms with Gasteiger partial charge < -0.3 is 10.2 Å². The Bertz CT molecular complexity index is 605. The van der Waals surface area contributed by atoms with Crippen LogP contribution in [0.15, 0.2) is 24.3 Å². The zero-order chi connectivity index (χ0) is 18.7. The summed E-state index contributed by atoms with van der Waals surface area (Å²) in [5.41, 5.74) is 0.102. The number of nitrogens with zero attached hydrogens (tertiary/aromatic N) is 2. The van der Waals surface area contributed by atoms with Crippen LogP contribution in [0.1, 0.15) is 36.8 Å². The highest BCUT2D eigenvalue weighted by Gasteiger charge is 2.32. The van der Waals surface area contributed by atoms with Crippen molar-refractivity contribution in [1.82, 2.24) is 15.1 Å². The molecule has 1 aromatic carbocycles. The summed E-state index contributed by atoms with van der Waals surface area (Å²) >= 11 is 0. The Morgan fingerprint density at radius 2 is 1.77 bits per heavy atom. The molecule has 1 aromatic rings. The summed E-state index contributed by atoms with van der Waals surface area (Å²) in [6.45, 7) is 2.78. The van der Waals surface area contributed by atoms with Gasteiger partial charge in [0.2, 0.25) is 5.91 Å². The van der Waals surface area contributed by atoms with E-state index < -0.39 is 11.7 Å². The van der Waals surface area contributed by atoms with Crippen molar-refractivity contribution in [1.29, 1.82) is 0 Å². The maximum Gasteiger partial charge on any atom is 0.416 e. The van der Waals surface area contributed by atoms with Crippen molar-refractivity contribution in [2.24, 2.45) is 0 Å². The molecule has 0 atom stereocenters. The summed E-state index contributed by atoms with van der Waals surface area (Å²) < 4.78 is 37.7. The first kappa shape index (κ1) is 19.2. The number of piperidine rings is 1. The topological polar surface area (TPSA) is 35.6 Å². The molecule has 2 fully saturated rings. The second-order valence-corrected chi connectivity index (χ2v) is 7.48. The van der Waals surface area contributed by atoms with Crippen molar-refractivity contribution >= 4 is 5.91 Å². The Balaban J connectivity index is 1.40. The number of halogens is 3. The van der Waals surface area contributed by atoms with E-state index in [1.807, 2.05) is 4.90 Å². The molecule has 0 aromatic heterocycles. The molecule has 1 heterocycles. The number of likely N-dealkylation sites (N-methyl/N-ethyl adjacent to an activating group) is 1. The van der Waals surface area contributed by atoms with E-state index in [1.54, 1.807) is 7.05 Å². The van der Waals surface area contributed by atoms with Crippen molar-refractivity contribution in [2.75, 3.05) is 26.7 Å². The van der Waals surface area contributed by atoms with Gasteiger partial charge in [0.15, 0.2) is 0 Å². The number of likely N-dealkylation sites (tertiary alicyclic amines) is 1. The highest BCUT2D eigenvalue weighted by atomic mass is 19.4. The number of hydrogen-bond donors (Lipinski definition) is 1. The predicted octanol–water partition coefficient (Wildman–Crippen LogP) is 2.88. The molecule has 1 aliphatic carbocycles. The lowest BCUT2D eigenvalue weighted by Gasteiger charge is -2.32. The third-order valence-electron chi connectivity index (χ3n) is 5.11. The molecule has 0 unspecified atom stereocenters. The molecule has 3 rings (SSSR count). The van der Waals surface area contributed by atoms with Gasteiger partial charge in [0.25, 0.3) is 0 Å². The molecule has 1 aliphatic heterocycles. The number of amides is 1. The fourth-order valence-corrected chi connectivity index (χ4v) is 3.53. The molecule has 4 nitrogen and oxygen atoms in total. The highest BCUT2D eigenvalue weighted by Crippen LogP contribution is 2.30. The molecule has 26 heavy (non-hydrogen) atoms. The molecule has 2 aliphatic rings. The molecule has 1 N–H and O–H groups in total. The summed E-state index contributed by atoms with van der Waals surface area (Å²) in [4.78, 5) is 16.5. The van der Waals surface area contributed by atoms with Crippen molar-refractivity contribution in [3.05, 3.63) is 35.4 Å². The van der Waals surface area contributed by atoms with Gasteiger partial charge in [-0.25, -0.2) is 0 Å². The van der Waals surface area contributed by atoms with Crippen LogP contribution in [0.4, 0.5) is 13.2 Å². The Morgan fingerprint density at radius 1 is 1.15 bits per heavy atom. The first-order valence-electron chi connectivity index (χ1n) is 9.19. The van der Waals surface area contributed by atoms with Crippen LogP contribution in [-0.4, -0.2) is 54.5 Å². The lowest BCUT2D eigenvalue weighted by molar-refractivity contribution is -0.137. The van der Waals surface area contributed by atoms with Crippen LogP contribution in [0.2, 0.25) is 0 Å². The van der Waals surface area contributed by atoms with Crippen molar-refractivity contribution in [3.63, 3.8) is 0 Å². The molecule has 0 spiro atoms. The number of alkyl halides is 3. The minimum absolute atomic E-state index is 0.0238. The van der Waals surface area contributed by atoms with Crippen LogP contribution in [0.5, 0.6) is 0 Å². The Hall–Kier alpha value is -1.60. The average Bonchev–Trinajstić information content (AvgIpc) is 3.40. The van der Waals surface area contributed by atoms with E-state index in [0.717, 1.165) is 49.7 Å². The van der Waals surface area contributed by atoms with Crippen LogP contribution in [-0.2, 0) is 17.5 Å². The third kappa shape index (κ3) is 5.45. The zero-order valence-corrected chi connectivity index (χ0v) is 15.1. The van der Waals surface area contributed by atoms with Crippen LogP contribution in [0, 0.1) is 0 Å². The van der Waals surface area contributed by atoms with Crippen LogP contribution >= 0.6 is 0 Å². The van der Waals surface area contributed by atoms with Gasteiger partial charge in [-0.2, -0.15) is 13.2 Å². The van der Waals surface area contributed by atoms with E-state index in [2.05, 4.69) is 10.2 Å². The van der Waals surface area contributed by atoms with E-state index in [-0.39, 0.29) is 18.5 Å². The maximum atomic E-state index is 12.6. The molecule has 0 bridgehead atoms. The zero-order valence-electron chi connectivity index (χ0n) is 15.1. The number of rotatable bonds is 6. The summed E-state index contributed by atoms with van der Waals surface area (Å²) in [6.07, 6.45) is 0.284. The maximum absolute atomic E-state index is 12.6. The van der Waals surface area contributed by atoms with Gasteiger partial charge in [-0.3, -0.25) is 9.69 Å². The van der Waals surface area contributed by atoms with Crippen molar-refractivity contribution in [3.8, 4) is 0 Å². The molecule has 1 saturated heterocycles. The summed E-state index contributed by atoms with van der Waals surface area (Å²) in [5, 5.41) is 3.09. The minimum Gasteiger partial charge on any atom is -0.352 e. The number of nitrogens with one attached hydrogen (secondary N) is 1. The lowest BCUT2D eigenvalue weighted by Crippen LogP contribution is -2.47. The van der Waals surface area contributed by atoms with Gasteiger partial charge in [0, 0.05) is 31.7 Å². The van der Waals surface area contributed by atoms with Gasteiger partial charge in [-0.1, -0.05) is 12.1 Å². The van der Waals surface area contributed by atoms with Gasteiger partial charge in [-0.05, 0) is 50.4 Å². The molecule has 1 amide bonds. The lowest BCUT2D eigenvalue weighted by atomic mass is 10.0. The number of benzene rings is 1. The van der Waals surface area contributed by atoms with Gasteiger partial charge in [-0.15, -0.1) is 0 Å². The first-order chi connectivity index (χ1) is 12.3. The molecule has 0 radical (unpaired) electrons. The van der Waals surface area contributed by atoms with Gasteiger partial charge in [0.1, 0.15) is 0 Å². The smallest absolute Gasteiger partial charge is 0.352 e. The SMILES string of the molecule is CN(CC(=O)NC1CCN(C2CC2)CC1)Cc1ccc(C(F)(F)F)cc1. The molecule has 1 saturated carbocycles. The minimum atomic E-state index is -4.32. The van der Waals surface area contributed by atoms with Gasteiger partial charge >= 0.3 is 6.18 Å². The quantitative estimate of drug-likeness (QED) is 0.838. The monoisotopic (exact) mass is 369 g/mol. The predicted molar refractivity (Wildman–Crippen MR) is 93.5 cm³/mol. The van der Waals surface area contributed by atoms with Crippen molar-refractivity contribution < 1.29 is 18.0 Å². The Morgan fingerprint density at radius 3 is 2.31 bits per heavy atom. The molecular formula is C19H26F3N3O. The number of carbonyl (C=O) groups excluding carboxylic acids is 1. The highest BCUT2D eigenvalue weighted by molar-refractivity contribution is 5.78. The van der Waals surface area contributed by atoms with E-state index in [1.165, 1.54) is 25.0 Å². The van der Waals surface area contributed by atoms with E-state index in [0.29, 0.717) is 6.54 Å². The van der Waals surface area contributed by atoms with Crippen LogP contribution in [0.25, 0.3) is 0 Å².